The highest BCUT2D eigenvalue weighted by Crippen LogP contribution is 2.36. The Morgan fingerprint density at radius 2 is 1.62 bits per heavy atom. The van der Waals surface area contributed by atoms with E-state index in [0.29, 0.717) is 50.2 Å². The third kappa shape index (κ3) is 6.36. The van der Waals surface area contributed by atoms with E-state index in [1.807, 2.05) is 18.2 Å². The lowest BCUT2D eigenvalue weighted by atomic mass is 10.1. The van der Waals surface area contributed by atoms with Crippen molar-refractivity contribution in [2.75, 3.05) is 19.5 Å². The van der Waals surface area contributed by atoms with Gasteiger partial charge in [0.1, 0.15) is 35.5 Å². The Morgan fingerprint density at radius 3 is 2.24 bits per heavy atom. The molecule has 0 aliphatic rings. The van der Waals surface area contributed by atoms with E-state index in [1.54, 1.807) is 30.3 Å². The van der Waals surface area contributed by atoms with Crippen molar-refractivity contribution in [2.24, 2.45) is 0 Å². The van der Waals surface area contributed by atoms with E-state index >= 15 is 0 Å². The zero-order valence-electron chi connectivity index (χ0n) is 18.2. The van der Waals surface area contributed by atoms with Crippen LogP contribution in [0.3, 0.4) is 0 Å². The number of ether oxygens (including phenoxy) is 3. The van der Waals surface area contributed by atoms with Crippen molar-refractivity contribution in [1.82, 2.24) is 0 Å². The number of halogens is 3. The molecule has 34 heavy (non-hydrogen) atoms. The molecule has 0 saturated heterocycles. The van der Waals surface area contributed by atoms with Gasteiger partial charge in [-0.3, -0.25) is 4.79 Å². The molecule has 0 aliphatic carbocycles. The fourth-order valence-electron chi connectivity index (χ4n) is 2.93. The predicted molar refractivity (Wildman–Crippen MR) is 134 cm³/mol. The summed E-state index contributed by atoms with van der Waals surface area (Å²) in [7, 11) is 2.89. The zero-order valence-corrected chi connectivity index (χ0v) is 20.5. The molecule has 6 nitrogen and oxygen atoms in total. The number of carbonyl (C=O) groups is 1. The van der Waals surface area contributed by atoms with Crippen molar-refractivity contribution < 1.29 is 19.0 Å². The first-order valence-corrected chi connectivity index (χ1v) is 11.0. The molecule has 3 aromatic carbocycles. The molecule has 3 aromatic rings. The minimum Gasteiger partial charge on any atom is -0.495 e. The van der Waals surface area contributed by atoms with Crippen molar-refractivity contribution >= 4 is 52.5 Å². The molecule has 0 saturated carbocycles. The Labute approximate surface area is 212 Å². The standard InChI is InChI=1S/C25H19Cl3N2O4/c1-32-23-12-21(24(33-2)11-20(23)28)30-25(31)17(13-29)9-16-5-8-22(19(27)10-16)34-14-15-3-6-18(26)7-4-15/h3-12H,14H2,1-2H3,(H,30,31)/b17-9+. The number of amides is 1. The van der Waals surface area contributed by atoms with Crippen LogP contribution in [0, 0.1) is 11.3 Å². The Kier molecular flexibility index (Phi) is 8.67. The van der Waals surface area contributed by atoms with Crippen LogP contribution in [-0.2, 0) is 11.4 Å². The lowest BCUT2D eigenvalue weighted by Crippen LogP contribution is -2.14. The highest BCUT2D eigenvalue weighted by Gasteiger charge is 2.16. The molecule has 0 fully saturated rings. The molecule has 0 atom stereocenters. The summed E-state index contributed by atoms with van der Waals surface area (Å²) in [5.74, 6) is 0.502. The average Bonchev–Trinajstić information content (AvgIpc) is 2.83. The van der Waals surface area contributed by atoms with Gasteiger partial charge in [-0.15, -0.1) is 0 Å². The molecule has 174 valence electrons. The summed E-state index contributed by atoms with van der Waals surface area (Å²) in [5, 5.41) is 13.5. The Morgan fingerprint density at radius 1 is 0.941 bits per heavy atom. The van der Waals surface area contributed by atoms with Crippen LogP contribution >= 0.6 is 34.8 Å². The van der Waals surface area contributed by atoms with Gasteiger partial charge in [0.15, 0.2) is 0 Å². The number of rotatable bonds is 8. The van der Waals surface area contributed by atoms with Gasteiger partial charge in [-0.2, -0.15) is 5.26 Å². The van der Waals surface area contributed by atoms with E-state index in [4.69, 9.17) is 49.0 Å². The molecule has 0 unspecified atom stereocenters. The summed E-state index contributed by atoms with van der Waals surface area (Å²) in [6, 6.07) is 17.2. The van der Waals surface area contributed by atoms with Crippen LogP contribution in [0.25, 0.3) is 6.08 Å². The van der Waals surface area contributed by atoms with Crippen molar-refractivity contribution in [3.63, 3.8) is 0 Å². The van der Waals surface area contributed by atoms with Gasteiger partial charge in [-0.1, -0.05) is 53.0 Å². The Bertz CT molecular complexity index is 1270. The topological polar surface area (TPSA) is 80.6 Å². The highest BCUT2D eigenvalue weighted by atomic mass is 35.5. The van der Waals surface area contributed by atoms with E-state index in [0.717, 1.165) is 5.56 Å². The van der Waals surface area contributed by atoms with Crippen LogP contribution in [-0.4, -0.2) is 20.1 Å². The van der Waals surface area contributed by atoms with E-state index in [9.17, 15) is 10.1 Å². The largest absolute Gasteiger partial charge is 0.495 e. The number of hydrogen-bond donors (Lipinski definition) is 1. The molecule has 0 aromatic heterocycles. The molecule has 0 radical (unpaired) electrons. The maximum atomic E-state index is 12.7. The molecule has 9 heteroatoms. The minimum atomic E-state index is -0.635. The van der Waals surface area contributed by atoms with Gasteiger partial charge in [0.05, 0.1) is 30.0 Å². The van der Waals surface area contributed by atoms with Gasteiger partial charge in [-0.05, 0) is 41.5 Å². The zero-order chi connectivity index (χ0) is 24.7. The maximum absolute atomic E-state index is 12.7. The van der Waals surface area contributed by atoms with E-state index < -0.39 is 5.91 Å². The highest BCUT2D eigenvalue weighted by molar-refractivity contribution is 6.32. The van der Waals surface area contributed by atoms with Crippen molar-refractivity contribution in [3.05, 3.63) is 86.4 Å². The second-order valence-electron chi connectivity index (χ2n) is 6.92. The second-order valence-corrected chi connectivity index (χ2v) is 8.17. The number of benzene rings is 3. The van der Waals surface area contributed by atoms with Gasteiger partial charge in [0, 0.05) is 17.2 Å². The molecular weight excluding hydrogens is 499 g/mol. The Hall–Kier alpha value is -3.37. The van der Waals surface area contributed by atoms with Crippen LogP contribution in [0.4, 0.5) is 5.69 Å². The minimum absolute atomic E-state index is 0.137. The number of nitriles is 1. The van der Waals surface area contributed by atoms with Crippen LogP contribution in [0.15, 0.2) is 60.2 Å². The molecule has 3 rings (SSSR count). The normalized spacial score (nSPS) is 10.9. The lowest BCUT2D eigenvalue weighted by molar-refractivity contribution is -0.112. The van der Waals surface area contributed by atoms with E-state index in [2.05, 4.69) is 5.32 Å². The van der Waals surface area contributed by atoms with Gasteiger partial charge in [0.25, 0.3) is 5.91 Å². The molecule has 0 bridgehead atoms. The van der Waals surface area contributed by atoms with Crippen LogP contribution in [0.5, 0.6) is 17.2 Å². The van der Waals surface area contributed by atoms with Gasteiger partial charge in [-0.25, -0.2) is 0 Å². The fourth-order valence-corrected chi connectivity index (χ4v) is 3.53. The van der Waals surface area contributed by atoms with Gasteiger partial charge >= 0.3 is 0 Å². The van der Waals surface area contributed by atoms with E-state index in [1.165, 1.54) is 32.4 Å². The molecule has 0 spiro atoms. The van der Waals surface area contributed by atoms with Crippen molar-refractivity contribution in [1.29, 1.82) is 5.26 Å². The summed E-state index contributed by atoms with van der Waals surface area (Å²) in [6.45, 7) is 0.310. The number of nitrogens with one attached hydrogen (secondary N) is 1. The SMILES string of the molecule is COc1cc(NC(=O)/C(C#N)=C/c2ccc(OCc3ccc(Cl)cc3)c(Cl)c2)c(OC)cc1Cl. The van der Waals surface area contributed by atoms with Crippen LogP contribution in [0.1, 0.15) is 11.1 Å². The van der Waals surface area contributed by atoms with E-state index in [-0.39, 0.29) is 5.57 Å². The molecule has 1 amide bonds. The quantitative estimate of drug-likeness (QED) is 0.263. The first-order chi connectivity index (χ1) is 16.3. The molecule has 0 aliphatic heterocycles. The first-order valence-electron chi connectivity index (χ1n) is 9.86. The molecular formula is C25H19Cl3N2O4. The second kappa shape index (κ2) is 11.7. The van der Waals surface area contributed by atoms with Crippen molar-refractivity contribution in [2.45, 2.75) is 6.61 Å². The van der Waals surface area contributed by atoms with Crippen LogP contribution in [0.2, 0.25) is 15.1 Å². The first kappa shape index (κ1) is 25.3. The van der Waals surface area contributed by atoms with Gasteiger partial charge in [0.2, 0.25) is 0 Å². The average molecular weight is 518 g/mol. The number of hydrogen-bond acceptors (Lipinski definition) is 5. The third-order valence-electron chi connectivity index (χ3n) is 4.66. The summed E-state index contributed by atoms with van der Waals surface area (Å²) < 4.78 is 16.2. The monoisotopic (exact) mass is 516 g/mol. The summed E-state index contributed by atoms with van der Waals surface area (Å²) in [6.07, 6.45) is 1.42. The summed E-state index contributed by atoms with van der Waals surface area (Å²) in [4.78, 5) is 12.7. The van der Waals surface area contributed by atoms with Crippen molar-refractivity contribution in [3.8, 4) is 23.3 Å². The lowest BCUT2D eigenvalue weighted by Gasteiger charge is -2.13. The van der Waals surface area contributed by atoms with Gasteiger partial charge < -0.3 is 19.5 Å². The third-order valence-corrected chi connectivity index (χ3v) is 5.50. The Balaban J connectivity index is 1.76. The maximum Gasteiger partial charge on any atom is 0.266 e. The molecule has 1 N–H and O–H groups in total. The fraction of sp³-hybridized carbons (Fsp3) is 0.120. The smallest absolute Gasteiger partial charge is 0.266 e. The number of methoxy groups -OCH3 is 2. The number of nitrogens with zero attached hydrogens (tertiary/aromatic N) is 1. The number of carbonyl (C=O) groups excluding carboxylic acids is 1. The van der Waals surface area contributed by atoms with Crippen LogP contribution < -0.4 is 19.5 Å². The molecule has 0 heterocycles. The predicted octanol–water partition coefficient (Wildman–Crippen LogP) is 6.79. The number of anilines is 1. The summed E-state index contributed by atoms with van der Waals surface area (Å²) in [5.41, 5.74) is 1.65. The summed E-state index contributed by atoms with van der Waals surface area (Å²) >= 11 is 18.3.